The number of carboxylic acid groups (broad SMARTS) is 1. The molecule has 17 heavy (non-hydrogen) atoms. The van der Waals surface area contributed by atoms with Crippen LogP contribution in [0.5, 0.6) is 0 Å². The normalized spacial score (nSPS) is 9.88. The van der Waals surface area contributed by atoms with Crippen molar-refractivity contribution in [3.8, 4) is 0 Å². The Morgan fingerprint density at radius 3 is 2.18 bits per heavy atom. The predicted octanol–water partition coefficient (Wildman–Crippen LogP) is 2.96. The van der Waals surface area contributed by atoms with Gasteiger partial charge in [0.1, 0.15) is 5.69 Å². The molecule has 0 spiro atoms. The molecule has 0 fully saturated rings. The monoisotopic (exact) mass is 232 g/mol. The van der Waals surface area contributed by atoms with Gasteiger partial charge in [-0.3, -0.25) is 4.98 Å². The van der Waals surface area contributed by atoms with Crippen molar-refractivity contribution in [2.24, 2.45) is 0 Å². The van der Waals surface area contributed by atoms with Crippen molar-refractivity contribution in [2.75, 3.05) is 0 Å². The number of aromatic nitrogens is 2. The molecule has 0 unspecified atom stereocenters. The van der Waals surface area contributed by atoms with Crippen LogP contribution in [-0.4, -0.2) is 21.0 Å². The summed E-state index contributed by atoms with van der Waals surface area (Å²) < 4.78 is 0. The highest BCUT2D eigenvalue weighted by Gasteiger charge is 2.13. The van der Waals surface area contributed by atoms with Gasteiger partial charge in [0, 0.05) is 18.0 Å². The van der Waals surface area contributed by atoms with Crippen LogP contribution in [0.2, 0.25) is 0 Å². The first-order valence-electron chi connectivity index (χ1n) is 5.20. The SMILES string of the molecule is C=C/C=C(\C=C)c1nccnc1C(=O)O.CC. The van der Waals surface area contributed by atoms with E-state index in [9.17, 15) is 4.79 Å². The van der Waals surface area contributed by atoms with Gasteiger partial charge in [0.25, 0.3) is 0 Å². The van der Waals surface area contributed by atoms with Crippen LogP contribution >= 0.6 is 0 Å². The molecule has 0 aliphatic rings. The van der Waals surface area contributed by atoms with Crippen LogP contribution < -0.4 is 0 Å². The summed E-state index contributed by atoms with van der Waals surface area (Å²) in [5.74, 6) is -1.12. The van der Waals surface area contributed by atoms with E-state index >= 15 is 0 Å². The maximum atomic E-state index is 10.9. The van der Waals surface area contributed by atoms with E-state index in [0.717, 1.165) is 0 Å². The minimum atomic E-state index is -1.12. The Kier molecular flexibility index (Phi) is 6.94. The molecule has 1 aromatic heterocycles. The summed E-state index contributed by atoms with van der Waals surface area (Å²) >= 11 is 0. The van der Waals surface area contributed by atoms with E-state index in [4.69, 9.17) is 5.11 Å². The number of nitrogens with zero attached hydrogens (tertiary/aromatic N) is 2. The lowest BCUT2D eigenvalue weighted by atomic mass is 10.1. The van der Waals surface area contributed by atoms with Gasteiger partial charge in [-0.1, -0.05) is 45.2 Å². The van der Waals surface area contributed by atoms with Gasteiger partial charge in [0.05, 0.1) is 0 Å². The molecule has 0 saturated heterocycles. The molecule has 1 N–H and O–H groups in total. The van der Waals surface area contributed by atoms with Crippen LogP contribution in [0.25, 0.3) is 5.57 Å². The van der Waals surface area contributed by atoms with Crippen molar-refractivity contribution in [3.05, 3.63) is 55.2 Å². The molecule has 4 heteroatoms. The first kappa shape index (κ1) is 14.8. The summed E-state index contributed by atoms with van der Waals surface area (Å²) in [6.45, 7) is 11.1. The Hall–Kier alpha value is -2.23. The highest BCUT2D eigenvalue weighted by atomic mass is 16.4. The summed E-state index contributed by atoms with van der Waals surface area (Å²) in [6, 6.07) is 0. The predicted molar refractivity (Wildman–Crippen MR) is 68.7 cm³/mol. The molecular weight excluding hydrogens is 216 g/mol. The Morgan fingerprint density at radius 2 is 1.76 bits per heavy atom. The number of carboxylic acids is 1. The fourth-order valence-electron chi connectivity index (χ4n) is 1.08. The second-order valence-electron chi connectivity index (χ2n) is 2.62. The molecule has 0 amide bonds. The van der Waals surface area contributed by atoms with Gasteiger partial charge in [-0.2, -0.15) is 0 Å². The van der Waals surface area contributed by atoms with Crippen molar-refractivity contribution in [2.45, 2.75) is 13.8 Å². The van der Waals surface area contributed by atoms with E-state index in [0.29, 0.717) is 11.3 Å². The zero-order valence-electron chi connectivity index (χ0n) is 10.1. The van der Waals surface area contributed by atoms with E-state index in [1.54, 1.807) is 6.08 Å². The van der Waals surface area contributed by atoms with Gasteiger partial charge >= 0.3 is 5.97 Å². The summed E-state index contributed by atoms with van der Waals surface area (Å²) in [6.07, 6.45) is 7.45. The molecular formula is C13H16N2O2. The molecule has 0 radical (unpaired) electrons. The zero-order chi connectivity index (χ0) is 13.3. The second-order valence-corrected chi connectivity index (χ2v) is 2.62. The highest BCUT2D eigenvalue weighted by Crippen LogP contribution is 2.15. The fourth-order valence-corrected chi connectivity index (χ4v) is 1.08. The number of carbonyl (C=O) groups is 1. The lowest BCUT2D eigenvalue weighted by Gasteiger charge is -2.03. The lowest BCUT2D eigenvalue weighted by molar-refractivity contribution is 0.0689. The van der Waals surface area contributed by atoms with Gasteiger partial charge < -0.3 is 5.11 Å². The average molecular weight is 232 g/mol. The number of aromatic carboxylic acids is 1. The smallest absolute Gasteiger partial charge is 0.356 e. The Bertz CT molecular complexity index is 437. The first-order valence-corrected chi connectivity index (χ1v) is 5.20. The molecule has 90 valence electrons. The fraction of sp³-hybridized carbons (Fsp3) is 0.154. The van der Waals surface area contributed by atoms with Gasteiger partial charge in [0.15, 0.2) is 5.69 Å². The van der Waals surface area contributed by atoms with Gasteiger partial charge in [-0.25, -0.2) is 9.78 Å². The Balaban J connectivity index is 0.00000121. The van der Waals surface area contributed by atoms with E-state index in [2.05, 4.69) is 23.1 Å². The topological polar surface area (TPSA) is 63.1 Å². The highest BCUT2D eigenvalue weighted by molar-refractivity contribution is 5.92. The molecule has 0 aliphatic carbocycles. The summed E-state index contributed by atoms with van der Waals surface area (Å²) in [5.41, 5.74) is 0.779. The largest absolute Gasteiger partial charge is 0.476 e. The lowest BCUT2D eigenvalue weighted by Crippen LogP contribution is -2.06. The van der Waals surface area contributed by atoms with Crippen molar-refractivity contribution >= 4 is 11.5 Å². The van der Waals surface area contributed by atoms with Crippen molar-refractivity contribution < 1.29 is 9.90 Å². The van der Waals surface area contributed by atoms with Gasteiger partial charge in [-0.05, 0) is 0 Å². The summed E-state index contributed by atoms with van der Waals surface area (Å²) in [5, 5.41) is 8.89. The number of hydrogen-bond donors (Lipinski definition) is 1. The quantitative estimate of drug-likeness (QED) is 0.810. The molecule has 1 heterocycles. The molecule has 0 aromatic carbocycles. The van der Waals surface area contributed by atoms with E-state index < -0.39 is 5.97 Å². The van der Waals surface area contributed by atoms with Crippen LogP contribution in [0, 0.1) is 0 Å². The van der Waals surface area contributed by atoms with Crippen LogP contribution in [0.1, 0.15) is 30.0 Å². The number of allylic oxidation sites excluding steroid dienone is 4. The minimum Gasteiger partial charge on any atom is -0.476 e. The van der Waals surface area contributed by atoms with Gasteiger partial charge in [-0.15, -0.1) is 0 Å². The molecule has 4 nitrogen and oxygen atoms in total. The first-order chi connectivity index (χ1) is 8.20. The Morgan fingerprint density at radius 1 is 1.24 bits per heavy atom. The molecule has 0 atom stereocenters. The molecule has 1 rings (SSSR count). The van der Waals surface area contributed by atoms with Crippen molar-refractivity contribution in [1.29, 1.82) is 0 Å². The van der Waals surface area contributed by atoms with Crippen molar-refractivity contribution in [1.82, 2.24) is 9.97 Å². The number of hydrogen-bond acceptors (Lipinski definition) is 3. The molecule has 0 saturated carbocycles. The summed E-state index contributed by atoms with van der Waals surface area (Å²) in [4.78, 5) is 18.6. The standard InChI is InChI=1S/C11H10N2O2.C2H6/c1-3-5-8(4-2)9-10(11(14)15)13-7-6-12-9;1-2/h3-7H,1-2H2,(H,14,15);1-2H3/b8-5+;. The van der Waals surface area contributed by atoms with E-state index in [1.807, 2.05) is 13.8 Å². The zero-order valence-corrected chi connectivity index (χ0v) is 10.1. The van der Waals surface area contributed by atoms with E-state index in [1.165, 1.54) is 24.5 Å². The second kappa shape index (κ2) is 7.98. The van der Waals surface area contributed by atoms with E-state index in [-0.39, 0.29) is 5.69 Å². The summed E-state index contributed by atoms with van der Waals surface area (Å²) in [7, 11) is 0. The maximum absolute atomic E-state index is 10.9. The maximum Gasteiger partial charge on any atom is 0.356 e. The van der Waals surface area contributed by atoms with Gasteiger partial charge in [0.2, 0.25) is 0 Å². The van der Waals surface area contributed by atoms with Crippen LogP contribution in [0.4, 0.5) is 0 Å². The third kappa shape index (κ3) is 4.03. The number of rotatable bonds is 4. The van der Waals surface area contributed by atoms with Crippen LogP contribution in [-0.2, 0) is 0 Å². The third-order valence-corrected chi connectivity index (χ3v) is 1.69. The average Bonchev–Trinajstić information content (AvgIpc) is 2.38. The Labute approximate surface area is 101 Å². The minimum absolute atomic E-state index is 0.0921. The van der Waals surface area contributed by atoms with Crippen LogP contribution in [0.3, 0.4) is 0 Å². The molecule has 1 aromatic rings. The molecule has 0 aliphatic heterocycles. The van der Waals surface area contributed by atoms with Crippen molar-refractivity contribution in [3.63, 3.8) is 0 Å². The molecule has 0 bridgehead atoms. The van der Waals surface area contributed by atoms with Crippen LogP contribution in [0.15, 0.2) is 43.8 Å². The third-order valence-electron chi connectivity index (χ3n) is 1.69.